The zero-order chi connectivity index (χ0) is 15.4. The predicted octanol–water partition coefficient (Wildman–Crippen LogP) is 4.55. The van der Waals surface area contributed by atoms with Crippen molar-refractivity contribution in [2.24, 2.45) is 0 Å². The third kappa shape index (κ3) is 3.48. The third-order valence-electron chi connectivity index (χ3n) is 2.92. The summed E-state index contributed by atoms with van der Waals surface area (Å²) in [6, 6.07) is 16.8. The van der Waals surface area contributed by atoms with Crippen molar-refractivity contribution in [3.8, 4) is 17.5 Å². The van der Waals surface area contributed by atoms with Crippen LogP contribution in [0.15, 0.2) is 58.2 Å². The second-order valence-electron chi connectivity index (χ2n) is 4.48. The molecular weight excluding hydrogens is 318 g/mol. The van der Waals surface area contributed by atoms with E-state index in [0.29, 0.717) is 27.5 Å². The third-order valence-corrected chi connectivity index (χ3v) is 4.05. The summed E-state index contributed by atoms with van der Waals surface area (Å²) in [4.78, 5) is 0. The molecule has 2 aromatic carbocycles. The molecule has 6 heteroatoms. The van der Waals surface area contributed by atoms with Gasteiger partial charge in [0.25, 0.3) is 5.22 Å². The number of nitrogens with zero attached hydrogens (tertiary/aromatic N) is 3. The maximum Gasteiger partial charge on any atom is 0.277 e. The van der Waals surface area contributed by atoms with Gasteiger partial charge in [-0.25, -0.2) is 0 Å². The lowest BCUT2D eigenvalue weighted by Crippen LogP contribution is -1.81. The maximum atomic E-state index is 8.77. The molecule has 0 aliphatic heterocycles. The van der Waals surface area contributed by atoms with E-state index in [9.17, 15) is 0 Å². The van der Waals surface area contributed by atoms with Gasteiger partial charge in [0.05, 0.1) is 11.6 Å². The topological polar surface area (TPSA) is 62.7 Å². The van der Waals surface area contributed by atoms with E-state index in [0.717, 1.165) is 11.1 Å². The Labute approximate surface area is 136 Å². The number of thioether (sulfide) groups is 1. The summed E-state index contributed by atoms with van der Waals surface area (Å²) >= 11 is 7.40. The molecule has 0 unspecified atom stereocenters. The van der Waals surface area contributed by atoms with Crippen molar-refractivity contribution in [2.75, 3.05) is 0 Å². The monoisotopic (exact) mass is 327 g/mol. The smallest absolute Gasteiger partial charge is 0.277 e. The summed E-state index contributed by atoms with van der Waals surface area (Å²) in [6.45, 7) is 0. The van der Waals surface area contributed by atoms with Crippen LogP contribution in [0.1, 0.15) is 11.1 Å². The number of hydrogen-bond donors (Lipinski definition) is 0. The first kappa shape index (κ1) is 14.6. The van der Waals surface area contributed by atoms with E-state index < -0.39 is 0 Å². The first-order chi connectivity index (χ1) is 10.7. The van der Waals surface area contributed by atoms with E-state index in [2.05, 4.69) is 16.3 Å². The molecule has 1 heterocycles. The number of rotatable bonds is 4. The van der Waals surface area contributed by atoms with Crippen molar-refractivity contribution >= 4 is 23.4 Å². The highest BCUT2D eigenvalue weighted by atomic mass is 35.5. The Morgan fingerprint density at radius 2 is 1.95 bits per heavy atom. The van der Waals surface area contributed by atoms with Crippen LogP contribution in [0.2, 0.25) is 5.02 Å². The van der Waals surface area contributed by atoms with Gasteiger partial charge in [0.15, 0.2) is 0 Å². The molecule has 108 valence electrons. The first-order valence-electron chi connectivity index (χ1n) is 6.46. The van der Waals surface area contributed by atoms with Crippen LogP contribution in [0.4, 0.5) is 0 Å². The molecule has 0 bridgehead atoms. The van der Waals surface area contributed by atoms with Crippen LogP contribution in [-0.4, -0.2) is 10.2 Å². The highest BCUT2D eigenvalue weighted by molar-refractivity contribution is 7.98. The fourth-order valence-electron chi connectivity index (χ4n) is 1.83. The first-order valence-corrected chi connectivity index (χ1v) is 7.82. The Balaban J connectivity index is 1.68. The van der Waals surface area contributed by atoms with Crippen LogP contribution in [0.5, 0.6) is 0 Å². The molecule has 0 saturated heterocycles. The molecule has 22 heavy (non-hydrogen) atoms. The van der Waals surface area contributed by atoms with E-state index in [1.54, 1.807) is 24.3 Å². The molecule has 0 saturated carbocycles. The fourth-order valence-corrected chi connectivity index (χ4v) is 2.74. The Morgan fingerprint density at radius 3 is 2.68 bits per heavy atom. The van der Waals surface area contributed by atoms with E-state index in [-0.39, 0.29) is 0 Å². The molecule has 4 nitrogen and oxygen atoms in total. The predicted molar refractivity (Wildman–Crippen MR) is 85.5 cm³/mol. The number of benzene rings is 2. The minimum atomic E-state index is 0.449. The zero-order valence-electron chi connectivity index (χ0n) is 11.4. The molecule has 3 aromatic rings. The second kappa shape index (κ2) is 6.65. The average Bonchev–Trinajstić information content (AvgIpc) is 3.02. The van der Waals surface area contributed by atoms with Crippen molar-refractivity contribution in [2.45, 2.75) is 11.0 Å². The lowest BCUT2D eigenvalue weighted by molar-refractivity contribution is 0.466. The summed E-state index contributed by atoms with van der Waals surface area (Å²) < 4.78 is 5.62. The average molecular weight is 328 g/mol. The lowest BCUT2D eigenvalue weighted by atomic mass is 10.2. The van der Waals surface area contributed by atoms with E-state index in [1.165, 1.54) is 11.8 Å². The van der Waals surface area contributed by atoms with Crippen molar-refractivity contribution in [3.05, 3.63) is 64.7 Å². The number of nitriles is 1. The molecule has 0 aliphatic rings. The summed E-state index contributed by atoms with van der Waals surface area (Å²) in [7, 11) is 0. The van der Waals surface area contributed by atoms with Gasteiger partial charge in [-0.2, -0.15) is 5.26 Å². The van der Waals surface area contributed by atoms with Gasteiger partial charge < -0.3 is 4.42 Å². The maximum absolute atomic E-state index is 8.77. The molecule has 0 atom stereocenters. The normalized spacial score (nSPS) is 10.4. The van der Waals surface area contributed by atoms with Crippen molar-refractivity contribution in [1.82, 2.24) is 10.2 Å². The Bertz CT molecular complexity index is 824. The van der Waals surface area contributed by atoms with Crippen LogP contribution in [0, 0.1) is 11.3 Å². The number of aromatic nitrogens is 2. The van der Waals surface area contributed by atoms with Gasteiger partial charge in [-0.3, -0.25) is 0 Å². The summed E-state index contributed by atoms with van der Waals surface area (Å²) in [6.07, 6.45) is 0. The lowest BCUT2D eigenvalue weighted by Gasteiger charge is -1.98. The minimum absolute atomic E-state index is 0.449. The molecule has 0 amide bonds. The van der Waals surface area contributed by atoms with Crippen LogP contribution in [0.3, 0.4) is 0 Å². The van der Waals surface area contributed by atoms with Gasteiger partial charge in [-0.05, 0) is 35.9 Å². The van der Waals surface area contributed by atoms with E-state index in [1.807, 2.05) is 24.3 Å². The molecule has 0 spiro atoms. The van der Waals surface area contributed by atoms with Gasteiger partial charge >= 0.3 is 0 Å². The van der Waals surface area contributed by atoms with Gasteiger partial charge in [-0.15, -0.1) is 10.2 Å². The van der Waals surface area contributed by atoms with Crippen molar-refractivity contribution in [3.63, 3.8) is 0 Å². The second-order valence-corrected chi connectivity index (χ2v) is 5.84. The molecular formula is C16H10ClN3OS. The summed E-state index contributed by atoms with van der Waals surface area (Å²) in [5.41, 5.74) is 2.53. The fraction of sp³-hybridized carbons (Fsp3) is 0.0625. The van der Waals surface area contributed by atoms with Crippen LogP contribution < -0.4 is 0 Å². The quantitative estimate of drug-likeness (QED) is 0.657. The van der Waals surface area contributed by atoms with Crippen molar-refractivity contribution < 1.29 is 4.42 Å². The SMILES string of the molecule is N#Cc1ccc(CSc2nnc(-c3cccc(Cl)c3)o2)cc1. The summed E-state index contributed by atoms with van der Waals surface area (Å²) in [5, 5.41) is 17.9. The molecule has 3 rings (SSSR count). The molecule has 0 fully saturated rings. The van der Waals surface area contributed by atoms with E-state index in [4.69, 9.17) is 21.3 Å². The Hall–Kier alpha value is -2.29. The largest absolute Gasteiger partial charge is 0.411 e. The van der Waals surface area contributed by atoms with Crippen LogP contribution in [0.25, 0.3) is 11.5 Å². The molecule has 0 aliphatic carbocycles. The Morgan fingerprint density at radius 1 is 1.14 bits per heavy atom. The van der Waals surface area contributed by atoms with Gasteiger partial charge in [0.2, 0.25) is 5.89 Å². The molecule has 0 radical (unpaired) electrons. The molecule has 1 aromatic heterocycles. The highest BCUT2D eigenvalue weighted by Crippen LogP contribution is 2.27. The standard InChI is InChI=1S/C16H10ClN3OS/c17-14-3-1-2-13(8-14)15-19-20-16(21-15)22-10-12-6-4-11(9-18)5-7-12/h1-8H,10H2. The van der Waals surface area contributed by atoms with Gasteiger partial charge in [0, 0.05) is 16.3 Å². The van der Waals surface area contributed by atoms with Crippen LogP contribution >= 0.6 is 23.4 Å². The number of hydrogen-bond acceptors (Lipinski definition) is 5. The number of halogens is 1. The van der Waals surface area contributed by atoms with Gasteiger partial charge in [-0.1, -0.05) is 41.6 Å². The zero-order valence-corrected chi connectivity index (χ0v) is 12.9. The Kier molecular flexibility index (Phi) is 4.42. The van der Waals surface area contributed by atoms with Crippen LogP contribution in [-0.2, 0) is 5.75 Å². The highest BCUT2D eigenvalue weighted by Gasteiger charge is 2.09. The molecule has 0 N–H and O–H groups in total. The minimum Gasteiger partial charge on any atom is -0.411 e. The summed E-state index contributed by atoms with van der Waals surface area (Å²) in [5.74, 6) is 1.15. The van der Waals surface area contributed by atoms with E-state index >= 15 is 0 Å². The van der Waals surface area contributed by atoms with Gasteiger partial charge in [0.1, 0.15) is 0 Å². The van der Waals surface area contributed by atoms with Crippen molar-refractivity contribution in [1.29, 1.82) is 5.26 Å².